The van der Waals surface area contributed by atoms with E-state index < -0.39 is 4.92 Å². The molecular weight excluding hydrogens is 419 g/mol. The number of anilines is 1. The van der Waals surface area contributed by atoms with Crippen LogP contribution in [0.25, 0.3) is 16.3 Å². The summed E-state index contributed by atoms with van der Waals surface area (Å²) in [6.07, 6.45) is 6.26. The van der Waals surface area contributed by atoms with E-state index >= 15 is 0 Å². The van der Waals surface area contributed by atoms with Crippen LogP contribution in [0, 0.1) is 15.9 Å². The van der Waals surface area contributed by atoms with E-state index in [4.69, 9.17) is 0 Å². The molecule has 4 rings (SSSR count). The number of amides is 1. The van der Waals surface area contributed by atoms with Gasteiger partial charge in [0.2, 0.25) is 0 Å². The average molecular weight is 434 g/mol. The van der Waals surface area contributed by atoms with Crippen molar-refractivity contribution >= 4 is 44.4 Å². The van der Waals surface area contributed by atoms with Gasteiger partial charge >= 0.3 is 0 Å². The minimum absolute atomic E-state index is 0.0246. The highest BCUT2D eigenvalue weighted by Gasteiger charge is 2.19. The van der Waals surface area contributed by atoms with Crippen molar-refractivity contribution in [2.45, 2.75) is 6.54 Å². The van der Waals surface area contributed by atoms with Crippen LogP contribution in [-0.4, -0.2) is 20.8 Å². The van der Waals surface area contributed by atoms with Crippen LogP contribution >= 0.6 is 11.3 Å². The molecule has 0 fully saturated rings. The van der Waals surface area contributed by atoms with Gasteiger partial charge in [-0.2, -0.15) is 0 Å². The molecule has 0 saturated carbocycles. The Bertz CT molecular complexity index is 1270. The fraction of sp³-hybridized carbons (Fsp3) is 0.0455. The Hall–Kier alpha value is -3.98. The van der Waals surface area contributed by atoms with Crippen molar-refractivity contribution in [1.82, 2.24) is 9.97 Å². The van der Waals surface area contributed by atoms with Crippen molar-refractivity contribution in [1.29, 1.82) is 0 Å². The number of hydrogen-bond acceptors (Lipinski definition) is 6. The molecule has 0 radical (unpaired) electrons. The lowest BCUT2D eigenvalue weighted by molar-refractivity contribution is -0.384. The molecular formula is C22H15FN4O3S. The van der Waals surface area contributed by atoms with Gasteiger partial charge in [0.15, 0.2) is 5.13 Å². The number of rotatable bonds is 6. The number of nitro benzene ring substituents is 1. The number of thiazole rings is 1. The van der Waals surface area contributed by atoms with Crippen molar-refractivity contribution in [3.05, 3.63) is 100 Å². The molecule has 0 aliphatic carbocycles. The third kappa shape index (κ3) is 4.78. The Labute approximate surface area is 180 Å². The minimum atomic E-state index is -0.482. The Morgan fingerprint density at radius 2 is 2.00 bits per heavy atom. The number of benzene rings is 2. The summed E-state index contributed by atoms with van der Waals surface area (Å²) in [7, 11) is 0. The van der Waals surface area contributed by atoms with Gasteiger partial charge in [-0.3, -0.25) is 24.8 Å². The van der Waals surface area contributed by atoms with Crippen LogP contribution in [-0.2, 0) is 11.3 Å². The van der Waals surface area contributed by atoms with Crippen LogP contribution in [0.1, 0.15) is 11.1 Å². The maximum atomic E-state index is 13.6. The first-order chi connectivity index (χ1) is 15.0. The molecule has 0 spiro atoms. The fourth-order valence-corrected chi connectivity index (χ4v) is 3.88. The second-order valence-corrected chi connectivity index (χ2v) is 7.59. The van der Waals surface area contributed by atoms with Crippen LogP contribution in [0.3, 0.4) is 0 Å². The Morgan fingerprint density at radius 1 is 1.19 bits per heavy atom. The van der Waals surface area contributed by atoms with Gasteiger partial charge < -0.3 is 0 Å². The summed E-state index contributed by atoms with van der Waals surface area (Å²) < 4.78 is 14.2. The largest absolute Gasteiger partial charge is 0.280 e. The van der Waals surface area contributed by atoms with Crippen molar-refractivity contribution < 1.29 is 14.1 Å². The molecule has 2 aromatic heterocycles. The number of non-ortho nitro benzene ring substituents is 1. The van der Waals surface area contributed by atoms with Gasteiger partial charge in [0.1, 0.15) is 5.82 Å². The number of carbonyl (C=O) groups is 1. The number of hydrogen-bond donors (Lipinski definition) is 0. The molecule has 0 atom stereocenters. The van der Waals surface area contributed by atoms with Crippen LogP contribution in [0.4, 0.5) is 15.2 Å². The number of carbonyl (C=O) groups excluding carboxylic acids is 1. The molecule has 31 heavy (non-hydrogen) atoms. The quantitative estimate of drug-likeness (QED) is 0.242. The highest BCUT2D eigenvalue weighted by Crippen LogP contribution is 2.30. The highest BCUT2D eigenvalue weighted by molar-refractivity contribution is 7.22. The third-order valence-electron chi connectivity index (χ3n) is 4.42. The Kier molecular flexibility index (Phi) is 5.76. The van der Waals surface area contributed by atoms with Crippen molar-refractivity contribution in [3.8, 4) is 0 Å². The monoisotopic (exact) mass is 434 g/mol. The van der Waals surface area contributed by atoms with E-state index in [0.29, 0.717) is 20.9 Å². The summed E-state index contributed by atoms with van der Waals surface area (Å²) in [6.45, 7) is 0.236. The lowest BCUT2D eigenvalue weighted by atomic mass is 10.2. The first-order valence-corrected chi connectivity index (χ1v) is 10.0. The second-order valence-electron chi connectivity index (χ2n) is 6.58. The number of fused-ring (bicyclic) bond motifs is 1. The smallest absolute Gasteiger partial charge is 0.269 e. The summed E-state index contributed by atoms with van der Waals surface area (Å²) in [4.78, 5) is 33.4. The highest BCUT2D eigenvalue weighted by atomic mass is 32.1. The maximum absolute atomic E-state index is 13.6. The SMILES string of the molecule is O=C(C=Cc1ccc([N+](=O)[O-])cc1)N(Cc1cccnc1)c1nc2ccc(F)cc2s1. The minimum Gasteiger partial charge on any atom is -0.280 e. The van der Waals surface area contributed by atoms with E-state index in [0.717, 1.165) is 5.56 Å². The normalized spacial score (nSPS) is 11.1. The summed E-state index contributed by atoms with van der Waals surface area (Å²) in [6, 6.07) is 13.8. The number of nitro groups is 1. The van der Waals surface area contributed by atoms with E-state index in [1.165, 1.54) is 46.6 Å². The van der Waals surface area contributed by atoms with Crippen molar-refractivity contribution in [3.63, 3.8) is 0 Å². The zero-order valence-corrected chi connectivity index (χ0v) is 16.8. The van der Waals surface area contributed by atoms with E-state index in [2.05, 4.69) is 9.97 Å². The molecule has 0 unspecified atom stereocenters. The van der Waals surface area contributed by atoms with Crippen LogP contribution in [0.5, 0.6) is 0 Å². The zero-order valence-electron chi connectivity index (χ0n) is 16.0. The fourth-order valence-electron chi connectivity index (χ4n) is 2.88. The molecule has 4 aromatic rings. The van der Waals surface area contributed by atoms with Crippen molar-refractivity contribution in [2.24, 2.45) is 0 Å². The van der Waals surface area contributed by atoms with Crippen LogP contribution < -0.4 is 4.90 Å². The van der Waals surface area contributed by atoms with E-state index in [-0.39, 0.29) is 24.0 Å². The molecule has 1 amide bonds. The number of nitrogens with zero attached hydrogens (tertiary/aromatic N) is 4. The van der Waals surface area contributed by atoms with E-state index in [1.807, 2.05) is 6.07 Å². The molecule has 0 N–H and O–H groups in total. The Morgan fingerprint density at radius 3 is 2.71 bits per heavy atom. The lowest BCUT2D eigenvalue weighted by Crippen LogP contribution is -2.28. The summed E-state index contributed by atoms with van der Waals surface area (Å²) in [5.74, 6) is -0.701. The predicted octanol–water partition coefficient (Wildman–Crippen LogP) is 4.99. The first kappa shape index (κ1) is 20.3. The van der Waals surface area contributed by atoms with Crippen LogP contribution in [0.15, 0.2) is 73.1 Å². The zero-order chi connectivity index (χ0) is 21.8. The predicted molar refractivity (Wildman–Crippen MR) is 117 cm³/mol. The summed E-state index contributed by atoms with van der Waals surface area (Å²) in [5.41, 5.74) is 2.03. The molecule has 0 saturated heterocycles. The van der Waals surface area contributed by atoms with Gasteiger partial charge in [-0.25, -0.2) is 9.37 Å². The Balaban J connectivity index is 1.64. The molecule has 0 aliphatic heterocycles. The van der Waals surface area contributed by atoms with Gasteiger partial charge in [-0.15, -0.1) is 0 Å². The number of halogens is 1. The third-order valence-corrected chi connectivity index (χ3v) is 5.46. The molecule has 2 aromatic carbocycles. The van der Waals surface area contributed by atoms with E-state index in [9.17, 15) is 19.3 Å². The molecule has 0 aliphatic rings. The molecule has 0 bridgehead atoms. The molecule has 7 nitrogen and oxygen atoms in total. The summed E-state index contributed by atoms with van der Waals surface area (Å²) >= 11 is 1.22. The standard InChI is InChI=1S/C22H15FN4O3S/c23-17-6-9-19-20(12-17)31-22(25-19)26(14-16-2-1-11-24-13-16)21(28)10-5-15-3-7-18(8-4-15)27(29)30/h1-13H,14H2. The maximum Gasteiger partial charge on any atom is 0.269 e. The number of pyridine rings is 1. The lowest BCUT2D eigenvalue weighted by Gasteiger charge is -2.18. The number of aromatic nitrogens is 2. The molecule has 154 valence electrons. The van der Waals surface area contributed by atoms with Gasteiger partial charge in [-0.05, 0) is 53.6 Å². The van der Waals surface area contributed by atoms with Gasteiger partial charge in [0.05, 0.1) is 21.7 Å². The second kappa shape index (κ2) is 8.80. The van der Waals surface area contributed by atoms with E-state index in [1.54, 1.807) is 42.7 Å². The van der Waals surface area contributed by atoms with Crippen LogP contribution in [0.2, 0.25) is 0 Å². The molecule has 9 heteroatoms. The van der Waals surface area contributed by atoms with Crippen molar-refractivity contribution in [2.75, 3.05) is 4.90 Å². The first-order valence-electron chi connectivity index (χ1n) is 9.18. The summed E-state index contributed by atoms with van der Waals surface area (Å²) in [5, 5.41) is 11.2. The average Bonchev–Trinajstić information content (AvgIpc) is 3.19. The van der Waals surface area contributed by atoms with Gasteiger partial charge in [-0.1, -0.05) is 17.4 Å². The molecule has 2 heterocycles. The van der Waals surface area contributed by atoms with Gasteiger partial charge in [0.25, 0.3) is 11.6 Å². The van der Waals surface area contributed by atoms with Gasteiger partial charge in [0, 0.05) is 30.6 Å². The topological polar surface area (TPSA) is 89.2 Å².